The number of aromatic hydroxyl groups is 1. The quantitative estimate of drug-likeness (QED) is 0.311. The van der Waals surface area contributed by atoms with Gasteiger partial charge in [0.05, 0.1) is 17.1 Å². The maximum Gasteiger partial charge on any atom is 0.339 e. The number of carbonyl (C=O) groups excluding carboxylic acids is 1. The number of hydrogen-bond acceptors (Lipinski definition) is 5. The topological polar surface area (TPSA) is 89.7 Å². The molecule has 0 aliphatic rings. The van der Waals surface area contributed by atoms with Crippen LogP contribution in [0.2, 0.25) is 5.02 Å². The van der Waals surface area contributed by atoms with Crippen LogP contribution in [0.4, 0.5) is 5.69 Å². The van der Waals surface area contributed by atoms with Crippen LogP contribution < -0.4 is 0 Å². The van der Waals surface area contributed by atoms with Gasteiger partial charge in [0, 0.05) is 34.7 Å². The van der Waals surface area contributed by atoms with Gasteiger partial charge in [-0.1, -0.05) is 35.9 Å². The molecule has 6 nitrogen and oxygen atoms in total. The molecule has 0 fully saturated rings. The van der Waals surface area contributed by atoms with E-state index in [1.54, 1.807) is 56.3 Å². The van der Waals surface area contributed by atoms with Crippen molar-refractivity contribution in [1.82, 2.24) is 0 Å². The van der Waals surface area contributed by atoms with Crippen LogP contribution in [0.1, 0.15) is 34.0 Å². The number of benzene rings is 3. The third kappa shape index (κ3) is 4.44. The van der Waals surface area contributed by atoms with Gasteiger partial charge in [-0.15, -0.1) is 0 Å². The second-order valence-electron chi connectivity index (χ2n) is 6.75. The van der Waals surface area contributed by atoms with Crippen molar-refractivity contribution in [3.05, 3.63) is 92.0 Å². The first-order valence-electron chi connectivity index (χ1n) is 9.33. The van der Waals surface area contributed by atoms with Crippen LogP contribution in [0, 0.1) is 17.0 Å². The Hall–Kier alpha value is -3.38. The molecule has 0 aromatic heterocycles. The molecule has 0 aliphatic heterocycles. The zero-order valence-electron chi connectivity index (χ0n) is 16.5. The average molecular weight is 426 g/mol. The summed E-state index contributed by atoms with van der Waals surface area (Å²) in [5.74, 6) is -0.450. The van der Waals surface area contributed by atoms with E-state index >= 15 is 0 Å². The lowest BCUT2D eigenvalue weighted by atomic mass is 9.89. The van der Waals surface area contributed by atoms with Gasteiger partial charge in [0.15, 0.2) is 0 Å². The van der Waals surface area contributed by atoms with E-state index in [0.29, 0.717) is 33.7 Å². The summed E-state index contributed by atoms with van der Waals surface area (Å²) in [6, 6.07) is 14.6. The minimum absolute atomic E-state index is 0.00927. The van der Waals surface area contributed by atoms with Crippen LogP contribution in [0.5, 0.6) is 5.75 Å². The van der Waals surface area contributed by atoms with Crippen molar-refractivity contribution in [2.24, 2.45) is 0 Å². The monoisotopic (exact) mass is 425 g/mol. The van der Waals surface area contributed by atoms with Crippen molar-refractivity contribution < 1.29 is 19.6 Å². The highest BCUT2D eigenvalue weighted by molar-refractivity contribution is 6.30. The largest absolute Gasteiger partial charge is 0.508 e. The number of ether oxygens (including phenoxy) is 1. The fraction of sp³-hybridized carbons (Fsp3) is 0.174. The Morgan fingerprint density at radius 2 is 1.77 bits per heavy atom. The Balaban J connectivity index is 2.10. The number of halogens is 1. The molecule has 1 N–H and O–H groups in total. The number of phenols is 1. The van der Waals surface area contributed by atoms with Crippen molar-refractivity contribution in [1.29, 1.82) is 0 Å². The Labute approximate surface area is 178 Å². The van der Waals surface area contributed by atoms with Crippen LogP contribution in [0.25, 0.3) is 11.1 Å². The standard InChI is InChI=1S/C23H20ClNO5/c1-3-30-23(27)22-14(2)19(12-15-4-10-18(11-5-15)25(28)29)21(26)13-20(22)16-6-8-17(24)9-7-16/h4-11,13,26H,3,12H2,1-2H3. The third-order valence-electron chi connectivity index (χ3n) is 4.85. The summed E-state index contributed by atoms with van der Waals surface area (Å²) in [6.45, 7) is 3.70. The summed E-state index contributed by atoms with van der Waals surface area (Å²) in [5, 5.41) is 22.2. The molecule has 0 saturated heterocycles. The Kier molecular flexibility index (Phi) is 6.37. The average Bonchev–Trinajstić information content (AvgIpc) is 2.71. The maximum atomic E-state index is 12.8. The second kappa shape index (κ2) is 8.97. The van der Waals surface area contributed by atoms with Gasteiger partial charge in [0.2, 0.25) is 0 Å². The van der Waals surface area contributed by atoms with E-state index in [1.165, 1.54) is 12.1 Å². The molecule has 0 unspecified atom stereocenters. The van der Waals surface area contributed by atoms with Crippen LogP contribution in [0.15, 0.2) is 54.6 Å². The molecule has 30 heavy (non-hydrogen) atoms. The van der Waals surface area contributed by atoms with E-state index in [2.05, 4.69) is 0 Å². The van der Waals surface area contributed by atoms with Crippen molar-refractivity contribution in [2.45, 2.75) is 20.3 Å². The molecule has 0 bridgehead atoms. The highest BCUT2D eigenvalue weighted by atomic mass is 35.5. The number of nitro benzene ring substituents is 1. The maximum absolute atomic E-state index is 12.8. The van der Waals surface area contributed by atoms with E-state index in [1.807, 2.05) is 0 Å². The molecule has 7 heteroatoms. The van der Waals surface area contributed by atoms with E-state index in [-0.39, 0.29) is 18.0 Å². The lowest BCUT2D eigenvalue weighted by Crippen LogP contribution is -2.11. The second-order valence-corrected chi connectivity index (χ2v) is 7.19. The van der Waals surface area contributed by atoms with Gasteiger partial charge in [0.1, 0.15) is 5.75 Å². The SMILES string of the molecule is CCOC(=O)c1c(-c2ccc(Cl)cc2)cc(O)c(Cc2ccc([N+](=O)[O-])cc2)c1C. The molecule has 3 aromatic rings. The highest BCUT2D eigenvalue weighted by Gasteiger charge is 2.22. The summed E-state index contributed by atoms with van der Waals surface area (Å²) in [4.78, 5) is 23.2. The first-order valence-corrected chi connectivity index (χ1v) is 9.71. The first kappa shape index (κ1) is 21.3. The molecule has 0 aliphatic carbocycles. The Morgan fingerprint density at radius 1 is 1.13 bits per heavy atom. The molecule has 3 aromatic carbocycles. The summed E-state index contributed by atoms with van der Waals surface area (Å²) < 4.78 is 5.26. The van der Waals surface area contributed by atoms with E-state index in [4.69, 9.17) is 16.3 Å². The van der Waals surface area contributed by atoms with E-state index in [9.17, 15) is 20.0 Å². The van der Waals surface area contributed by atoms with Gasteiger partial charge in [-0.05, 0) is 48.7 Å². The van der Waals surface area contributed by atoms with Gasteiger partial charge in [-0.3, -0.25) is 10.1 Å². The molecule has 0 heterocycles. The fourth-order valence-electron chi connectivity index (χ4n) is 3.33. The highest BCUT2D eigenvalue weighted by Crippen LogP contribution is 2.36. The smallest absolute Gasteiger partial charge is 0.339 e. The van der Waals surface area contributed by atoms with Crippen molar-refractivity contribution >= 4 is 23.3 Å². The van der Waals surface area contributed by atoms with Gasteiger partial charge < -0.3 is 9.84 Å². The minimum atomic E-state index is -0.482. The number of rotatable bonds is 6. The van der Waals surface area contributed by atoms with E-state index in [0.717, 1.165) is 11.1 Å². The van der Waals surface area contributed by atoms with Crippen molar-refractivity contribution in [2.75, 3.05) is 6.61 Å². The number of nitrogens with zero attached hydrogens (tertiary/aromatic N) is 1. The number of carbonyl (C=O) groups is 1. The summed E-state index contributed by atoms with van der Waals surface area (Å²) >= 11 is 5.98. The molecule has 0 radical (unpaired) electrons. The van der Waals surface area contributed by atoms with Gasteiger partial charge in [0.25, 0.3) is 5.69 Å². The van der Waals surface area contributed by atoms with Crippen LogP contribution in [-0.2, 0) is 11.2 Å². The summed E-state index contributed by atoms with van der Waals surface area (Å²) in [6.07, 6.45) is 0.308. The lowest BCUT2D eigenvalue weighted by molar-refractivity contribution is -0.384. The number of esters is 1. The normalized spacial score (nSPS) is 10.6. The zero-order valence-corrected chi connectivity index (χ0v) is 17.3. The van der Waals surface area contributed by atoms with Gasteiger partial charge in [-0.25, -0.2) is 4.79 Å². The van der Waals surface area contributed by atoms with E-state index < -0.39 is 10.9 Å². The Morgan fingerprint density at radius 3 is 2.33 bits per heavy atom. The number of nitro groups is 1. The summed E-state index contributed by atoms with van der Waals surface area (Å²) in [5.41, 5.74) is 3.56. The summed E-state index contributed by atoms with van der Waals surface area (Å²) in [7, 11) is 0. The third-order valence-corrected chi connectivity index (χ3v) is 5.10. The zero-order chi connectivity index (χ0) is 21.8. The fourth-order valence-corrected chi connectivity index (χ4v) is 3.45. The molecule has 0 saturated carbocycles. The van der Waals surface area contributed by atoms with Crippen LogP contribution >= 0.6 is 11.6 Å². The van der Waals surface area contributed by atoms with Crippen LogP contribution in [-0.4, -0.2) is 22.6 Å². The number of phenolic OH excluding ortho intramolecular Hbond substituents is 1. The first-order chi connectivity index (χ1) is 14.3. The molecule has 0 atom stereocenters. The molecular weight excluding hydrogens is 406 g/mol. The number of hydrogen-bond donors (Lipinski definition) is 1. The predicted octanol–water partition coefficient (Wildman–Crippen LogP) is 5.70. The van der Waals surface area contributed by atoms with Gasteiger partial charge in [-0.2, -0.15) is 0 Å². The lowest BCUT2D eigenvalue weighted by Gasteiger charge is -2.18. The Bertz CT molecular complexity index is 1090. The van der Waals surface area contributed by atoms with Crippen molar-refractivity contribution in [3.63, 3.8) is 0 Å². The molecule has 3 rings (SSSR count). The minimum Gasteiger partial charge on any atom is -0.508 e. The number of non-ortho nitro benzene ring substituents is 1. The van der Waals surface area contributed by atoms with Crippen LogP contribution in [0.3, 0.4) is 0 Å². The molecular formula is C23H20ClNO5. The van der Waals surface area contributed by atoms with Gasteiger partial charge >= 0.3 is 5.97 Å². The molecule has 0 amide bonds. The predicted molar refractivity (Wildman–Crippen MR) is 115 cm³/mol. The molecule has 0 spiro atoms. The van der Waals surface area contributed by atoms with Crippen molar-refractivity contribution in [3.8, 4) is 16.9 Å². The molecule has 154 valence electrons.